The van der Waals surface area contributed by atoms with Crippen molar-refractivity contribution in [3.05, 3.63) is 48.5 Å². The zero-order valence-electron chi connectivity index (χ0n) is 14.8. The van der Waals surface area contributed by atoms with Gasteiger partial charge in [0.25, 0.3) is 0 Å². The molecular weight excluding hydrogens is 352 g/mol. The monoisotopic (exact) mass is 374 g/mol. The molecule has 0 aliphatic rings. The van der Waals surface area contributed by atoms with Crippen LogP contribution in [0.3, 0.4) is 0 Å². The summed E-state index contributed by atoms with van der Waals surface area (Å²) in [5, 5.41) is 5.39. The second kappa shape index (κ2) is 8.62. The Morgan fingerprint density at radius 3 is 1.58 bits per heavy atom. The summed E-state index contributed by atoms with van der Waals surface area (Å²) in [6.07, 6.45) is 1.51. The van der Waals surface area contributed by atoms with Gasteiger partial charge in [-0.3, -0.25) is 9.59 Å². The quantitative estimate of drug-likeness (QED) is 0.774. The minimum absolute atomic E-state index is 0.104. The van der Waals surface area contributed by atoms with Gasteiger partial charge in [0.05, 0.1) is 9.79 Å². The van der Waals surface area contributed by atoms with Gasteiger partial charge < -0.3 is 10.6 Å². The fourth-order valence-electron chi connectivity index (χ4n) is 2.27. The molecule has 7 heteroatoms. The van der Waals surface area contributed by atoms with Crippen LogP contribution < -0.4 is 10.6 Å². The lowest BCUT2D eigenvalue weighted by atomic mass is 10.3. The molecule has 0 aliphatic carbocycles. The highest BCUT2D eigenvalue weighted by Gasteiger charge is 2.17. The summed E-state index contributed by atoms with van der Waals surface area (Å²) in [7, 11) is -3.67. The Bertz CT molecular complexity index is 873. The first-order valence-corrected chi connectivity index (χ1v) is 9.90. The number of benzene rings is 2. The van der Waals surface area contributed by atoms with Crippen molar-refractivity contribution >= 4 is 33.0 Å². The fraction of sp³-hybridized carbons (Fsp3) is 0.263. The lowest BCUT2D eigenvalue weighted by Gasteiger charge is -2.09. The number of nitrogens with one attached hydrogen (secondary N) is 2. The van der Waals surface area contributed by atoms with Gasteiger partial charge in [-0.05, 0) is 55.0 Å². The van der Waals surface area contributed by atoms with Gasteiger partial charge in [-0.15, -0.1) is 0 Å². The van der Waals surface area contributed by atoms with Crippen molar-refractivity contribution in [1.82, 2.24) is 0 Å². The molecule has 0 atom stereocenters. The number of sulfone groups is 1. The van der Waals surface area contributed by atoms with Gasteiger partial charge in [0.15, 0.2) is 0 Å². The van der Waals surface area contributed by atoms with Crippen LogP contribution in [-0.4, -0.2) is 20.2 Å². The highest BCUT2D eigenvalue weighted by molar-refractivity contribution is 7.91. The van der Waals surface area contributed by atoms with Gasteiger partial charge in [0.2, 0.25) is 21.7 Å². The van der Waals surface area contributed by atoms with Crippen LogP contribution in [0.25, 0.3) is 0 Å². The molecule has 2 aromatic rings. The summed E-state index contributed by atoms with van der Waals surface area (Å²) < 4.78 is 25.4. The molecule has 0 aliphatic heterocycles. The van der Waals surface area contributed by atoms with Gasteiger partial charge in [0.1, 0.15) is 0 Å². The third kappa shape index (κ3) is 4.92. The number of hydrogen-bond acceptors (Lipinski definition) is 4. The normalized spacial score (nSPS) is 11.0. The maximum Gasteiger partial charge on any atom is 0.224 e. The Morgan fingerprint density at radius 1 is 0.769 bits per heavy atom. The maximum atomic E-state index is 12.7. The van der Waals surface area contributed by atoms with E-state index in [-0.39, 0.29) is 21.6 Å². The topological polar surface area (TPSA) is 92.3 Å². The largest absolute Gasteiger partial charge is 0.326 e. The zero-order valence-corrected chi connectivity index (χ0v) is 15.6. The molecule has 138 valence electrons. The van der Waals surface area contributed by atoms with Crippen LogP contribution in [0.15, 0.2) is 58.3 Å². The van der Waals surface area contributed by atoms with Gasteiger partial charge >= 0.3 is 0 Å². The Labute approximate surface area is 153 Å². The highest BCUT2D eigenvalue weighted by Crippen LogP contribution is 2.24. The molecule has 2 aromatic carbocycles. The minimum Gasteiger partial charge on any atom is -0.326 e. The maximum absolute atomic E-state index is 12.7. The van der Waals surface area contributed by atoms with E-state index < -0.39 is 9.84 Å². The summed E-state index contributed by atoms with van der Waals surface area (Å²) in [6.45, 7) is 3.65. The van der Waals surface area contributed by atoms with Crippen molar-refractivity contribution in [1.29, 1.82) is 0 Å². The lowest BCUT2D eigenvalue weighted by molar-refractivity contribution is -0.116. The van der Waals surface area contributed by atoms with Crippen molar-refractivity contribution < 1.29 is 18.0 Å². The second-order valence-corrected chi connectivity index (χ2v) is 7.70. The van der Waals surface area contributed by atoms with E-state index in [0.717, 1.165) is 6.42 Å². The average molecular weight is 374 g/mol. The van der Waals surface area contributed by atoms with Gasteiger partial charge in [-0.1, -0.05) is 13.8 Å². The van der Waals surface area contributed by atoms with Crippen molar-refractivity contribution in [2.75, 3.05) is 10.6 Å². The molecule has 2 N–H and O–H groups in total. The Kier molecular flexibility index (Phi) is 6.52. The van der Waals surface area contributed by atoms with E-state index in [1.54, 1.807) is 31.2 Å². The SMILES string of the molecule is CCCC(=O)Nc1ccc(S(=O)(=O)c2ccc(NC(=O)CC)cc2)cc1. The molecule has 0 unspecified atom stereocenters. The average Bonchev–Trinajstić information content (AvgIpc) is 2.62. The predicted octanol–water partition coefficient (Wildman–Crippen LogP) is 3.61. The van der Waals surface area contributed by atoms with Crippen molar-refractivity contribution in [3.63, 3.8) is 0 Å². The molecular formula is C19H22N2O4S. The van der Waals surface area contributed by atoms with Gasteiger partial charge in [0, 0.05) is 24.2 Å². The molecule has 0 fully saturated rings. The minimum atomic E-state index is -3.67. The Morgan fingerprint density at radius 2 is 1.19 bits per heavy atom. The molecule has 0 bridgehead atoms. The molecule has 2 rings (SSSR count). The zero-order chi connectivity index (χ0) is 19.2. The van der Waals surface area contributed by atoms with Crippen LogP contribution in [-0.2, 0) is 19.4 Å². The first-order valence-electron chi connectivity index (χ1n) is 8.41. The smallest absolute Gasteiger partial charge is 0.224 e. The Hall–Kier alpha value is -2.67. The van der Waals surface area contributed by atoms with E-state index in [9.17, 15) is 18.0 Å². The van der Waals surface area contributed by atoms with Crippen molar-refractivity contribution in [2.24, 2.45) is 0 Å². The molecule has 0 saturated heterocycles. The molecule has 0 spiro atoms. The van der Waals surface area contributed by atoms with Crippen LogP contribution in [0.1, 0.15) is 33.1 Å². The molecule has 0 heterocycles. The number of hydrogen-bond donors (Lipinski definition) is 2. The second-order valence-electron chi connectivity index (χ2n) is 5.75. The summed E-state index contributed by atoms with van der Waals surface area (Å²) >= 11 is 0. The first-order chi connectivity index (χ1) is 12.4. The highest BCUT2D eigenvalue weighted by atomic mass is 32.2. The molecule has 0 radical (unpaired) electrons. The third-order valence-corrected chi connectivity index (χ3v) is 5.48. The molecule has 6 nitrogen and oxygen atoms in total. The van der Waals surface area contributed by atoms with E-state index in [1.807, 2.05) is 6.92 Å². The summed E-state index contributed by atoms with van der Waals surface area (Å²) in [5.74, 6) is -0.242. The van der Waals surface area contributed by atoms with Crippen LogP contribution >= 0.6 is 0 Å². The van der Waals surface area contributed by atoms with Crippen LogP contribution in [0.5, 0.6) is 0 Å². The molecule has 0 saturated carbocycles. The summed E-state index contributed by atoms with van der Waals surface area (Å²) in [6, 6.07) is 12.1. The fourth-order valence-corrected chi connectivity index (χ4v) is 3.53. The molecule has 2 amide bonds. The number of carbonyl (C=O) groups excluding carboxylic acids is 2. The van der Waals surface area contributed by atoms with E-state index in [4.69, 9.17) is 0 Å². The molecule has 26 heavy (non-hydrogen) atoms. The van der Waals surface area contributed by atoms with Crippen molar-refractivity contribution in [3.8, 4) is 0 Å². The number of amides is 2. The molecule has 0 aromatic heterocycles. The van der Waals surface area contributed by atoms with E-state index in [2.05, 4.69) is 10.6 Å². The first kappa shape index (κ1) is 19.7. The van der Waals surface area contributed by atoms with Crippen LogP contribution in [0.2, 0.25) is 0 Å². The van der Waals surface area contributed by atoms with E-state index in [1.165, 1.54) is 24.3 Å². The van der Waals surface area contributed by atoms with Gasteiger partial charge in [-0.25, -0.2) is 8.42 Å². The van der Waals surface area contributed by atoms with E-state index in [0.29, 0.717) is 24.2 Å². The van der Waals surface area contributed by atoms with Crippen molar-refractivity contribution in [2.45, 2.75) is 42.9 Å². The Balaban J connectivity index is 2.16. The van der Waals surface area contributed by atoms with Gasteiger partial charge in [-0.2, -0.15) is 0 Å². The number of carbonyl (C=O) groups is 2. The number of anilines is 2. The summed E-state index contributed by atoms with van der Waals surface area (Å²) in [5.41, 5.74) is 1.10. The summed E-state index contributed by atoms with van der Waals surface area (Å²) in [4.78, 5) is 23.2. The number of rotatable bonds is 7. The lowest BCUT2D eigenvalue weighted by Crippen LogP contribution is -2.11. The van der Waals surface area contributed by atoms with Crippen LogP contribution in [0, 0.1) is 0 Å². The van der Waals surface area contributed by atoms with Crippen LogP contribution in [0.4, 0.5) is 11.4 Å². The van der Waals surface area contributed by atoms with E-state index >= 15 is 0 Å². The third-order valence-electron chi connectivity index (χ3n) is 3.69. The predicted molar refractivity (Wildman–Crippen MR) is 101 cm³/mol. The standard InChI is InChI=1S/C19H22N2O4S/c1-3-5-19(23)21-15-8-12-17(13-9-15)26(24,25)16-10-6-14(7-11-16)20-18(22)4-2/h6-13H,3-5H2,1-2H3,(H,20,22)(H,21,23).